The Kier molecular flexibility index (Phi) is 5.00. The topological polar surface area (TPSA) is 32.3 Å². The van der Waals surface area contributed by atoms with Gasteiger partial charge in [0.2, 0.25) is 5.91 Å². The molecule has 2 saturated heterocycles. The highest BCUT2D eigenvalue weighted by Crippen LogP contribution is 2.22. The summed E-state index contributed by atoms with van der Waals surface area (Å²) in [5, 5.41) is 3.25. The van der Waals surface area contributed by atoms with Crippen molar-refractivity contribution in [2.75, 3.05) is 24.6 Å². The Hall–Kier alpha value is -0.430. The van der Waals surface area contributed by atoms with E-state index >= 15 is 0 Å². The van der Waals surface area contributed by atoms with Crippen LogP contribution < -0.4 is 5.32 Å². The molecule has 1 N–H and O–H groups in total. The summed E-state index contributed by atoms with van der Waals surface area (Å²) in [6.45, 7) is -0.901. The number of amides is 1. The molecule has 0 spiro atoms. The number of nitrogens with zero attached hydrogens (tertiary/aromatic N) is 1. The predicted octanol–water partition coefficient (Wildman–Crippen LogP) is 2.02. The summed E-state index contributed by atoms with van der Waals surface area (Å²) < 4.78 is 37.1. The zero-order valence-electron chi connectivity index (χ0n) is 10.7. The third-order valence-corrected chi connectivity index (χ3v) is 4.61. The SMILES string of the molecule is O=C1C(NC2CCSCC2)CCCN1CC(F)(F)F. The molecule has 0 saturated carbocycles. The van der Waals surface area contributed by atoms with Crippen LogP contribution in [0.4, 0.5) is 13.2 Å². The number of piperidine rings is 1. The minimum absolute atomic E-state index is 0.219. The van der Waals surface area contributed by atoms with Crippen LogP contribution in [-0.2, 0) is 4.79 Å². The lowest BCUT2D eigenvalue weighted by molar-refractivity contribution is -0.165. The minimum Gasteiger partial charge on any atom is -0.332 e. The lowest BCUT2D eigenvalue weighted by Crippen LogP contribution is -2.55. The number of rotatable bonds is 3. The normalized spacial score (nSPS) is 26.8. The Labute approximate surface area is 115 Å². The van der Waals surface area contributed by atoms with Crippen molar-refractivity contribution in [3.8, 4) is 0 Å². The predicted molar refractivity (Wildman–Crippen MR) is 69.1 cm³/mol. The maximum absolute atomic E-state index is 12.4. The van der Waals surface area contributed by atoms with Gasteiger partial charge in [0.1, 0.15) is 6.54 Å². The molecular formula is C12H19F3N2OS. The maximum Gasteiger partial charge on any atom is 0.406 e. The zero-order chi connectivity index (χ0) is 13.9. The second-order valence-corrected chi connectivity index (χ2v) is 6.35. The largest absolute Gasteiger partial charge is 0.406 e. The van der Waals surface area contributed by atoms with Gasteiger partial charge < -0.3 is 10.2 Å². The number of alkyl halides is 3. The van der Waals surface area contributed by atoms with Gasteiger partial charge in [-0.25, -0.2) is 0 Å². The number of thioether (sulfide) groups is 1. The summed E-state index contributed by atoms with van der Waals surface area (Å²) in [4.78, 5) is 13.0. The van der Waals surface area contributed by atoms with Gasteiger partial charge in [-0.05, 0) is 37.2 Å². The highest BCUT2D eigenvalue weighted by atomic mass is 32.2. The molecule has 1 unspecified atom stereocenters. The smallest absolute Gasteiger partial charge is 0.332 e. The first-order valence-electron chi connectivity index (χ1n) is 6.65. The van der Waals surface area contributed by atoms with Crippen LogP contribution in [-0.4, -0.2) is 53.7 Å². The molecule has 0 radical (unpaired) electrons. The van der Waals surface area contributed by atoms with E-state index in [1.807, 2.05) is 11.8 Å². The number of carbonyl (C=O) groups excluding carboxylic acids is 1. The molecule has 1 atom stereocenters. The van der Waals surface area contributed by atoms with Crippen LogP contribution in [0.5, 0.6) is 0 Å². The molecule has 19 heavy (non-hydrogen) atoms. The second kappa shape index (κ2) is 6.35. The van der Waals surface area contributed by atoms with Gasteiger partial charge in [-0.15, -0.1) is 0 Å². The first-order chi connectivity index (χ1) is 8.96. The molecule has 0 bridgehead atoms. The van der Waals surface area contributed by atoms with Crippen LogP contribution >= 0.6 is 11.8 Å². The van der Waals surface area contributed by atoms with E-state index in [0.717, 1.165) is 29.2 Å². The van der Waals surface area contributed by atoms with E-state index in [2.05, 4.69) is 5.32 Å². The Morgan fingerprint density at radius 3 is 2.58 bits per heavy atom. The van der Waals surface area contributed by atoms with Crippen LogP contribution in [0, 0.1) is 0 Å². The third kappa shape index (κ3) is 4.56. The van der Waals surface area contributed by atoms with Gasteiger partial charge in [0.15, 0.2) is 0 Å². The van der Waals surface area contributed by atoms with Crippen molar-refractivity contribution < 1.29 is 18.0 Å². The van der Waals surface area contributed by atoms with Crippen molar-refractivity contribution in [2.45, 2.75) is 43.9 Å². The zero-order valence-corrected chi connectivity index (χ0v) is 11.5. The van der Waals surface area contributed by atoms with Gasteiger partial charge in [-0.3, -0.25) is 4.79 Å². The molecular weight excluding hydrogens is 277 g/mol. The van der Waals surface area contributed by atoms with E-state index in [-0.39, 0.29) is 18.5 Å². The molecule has 0 aromatic carbocycles. The lowest BCUT2D eigenvalue weighted by Gasteiger charge is -2.35. The van der Waals surface area contributed by atoms with Gasteiger partial charge in [0.05, 0.1) is 6.04 Å². The molecule has 0 aromatic heterocycles. The van der Waals surface area contributed by atoms with Gasteiger partial charge in [-0.2, -0.15) is 24.9 Å². The molecule has 2 aliphatic heterocycles. The molecule has 2 aliphatic rings. The monoisotopic (exact) mass is 296 g/mol. The number of hydrogen-bond donors (Lipinski definition) is 1. The van der Waals surface area contributed by atoms with E-state index < -0.39 is 18.8 Å². The lowest BCUT2D eigenvalue weighted by atomic mass is 10.0. The van der Waals surface area contributed by atoms with Crippen LogP contribution in [0.2, 0.25) is 0 Å². The summed E-state index contributed by atoms with van der Waals surface area (Å²) in [7, 11) is 0. The fraction of sp³-hybridized carbons (Fsp3) is 0.917. The van der Waals surface area contributed by atoms with Crippen molar-refractivity contribution in [3.05, 3.63) is 0 Å². The van der Waals surface area contributed by atoms with Crippen molar-refractivity contribution >= 4 is 17.7 Å². The van der Waals surface area contributed by atoms with Gasteiger partial charge in [-0.1, -0.05) is 0 Å². The number of carbonyl (C=O) groups is 1. The number of hydrogen-bond acceptors (Lipinski definition) is 3. The first-order valence-corrected chi connectivity index (χ1v) is 7.80. The van der Waals surface area contributed by atoms with Crippen LogP contribution in [0.15, 0.2) is 0 Å². The molecule has 2 heterocycles. The van der Waals surface area contributed by atoms with E-state index in [4.69, 9.17) is 0 Å². The number of likely N-dealkylation sites (tertiary alicyclic amines) is 1. The Bertz CT molecular complexity index is 319. The molecule has 2 fully saturated rings. The fourth-order valence-corrected chi connectivity index (χ4v) is 3.72. The highest BCUT2D eigenvalue weighted by molar-refractivity contribution is 7.99. The van der Waals surface area contributed by atoms with Crippen molar-refractivity contribution in [1.82, 2.24) is 10.2 Å². The van der Waals surface area contributed by atoms with Crippen LogP contribution in [0.3, 0.4) is 0 Å². The Morgan fingerprint density at radius 2 is 1.95 bits per heavy atom. The number of halogens is 3. The van der Waals surface area contributed by atoms with E-state index in [9.17, 15) is 18.0 Å². The molecule has 0 aromatic rings. The Balaban J connectivity index is 1.88. The second-order valence-electron chi connectivity index (χ2n) is 5.12. The average molecular weight is 296 g/mol. The summed E-state index contributed by atoms with van der Waals surface area (Å²) in [6, 6.07) is -0.148. The molecule has 0 aliphatic carbocycles. The molecule has 110 valence electrons. The summed E-state index contributed by atoms with van der Waals surface area (Å²) in [6.07, 6.45) is -1.03. The van der Waals surface area contributed by atoms with Gasteiger partial charge in [0.25, 0.3) is 0 Å². The van der Waals surface area contributed by atoms with Gasteiger partial charge >= 0.3 is 6.18 Å². The molecule has 3 nitrogen and oxygen atoms in total. The first kappa shape index (κ1) is 15.0. The van der Waals surface area contributed by atoms with E-state index in [0.29, 0.717) is 12.8 Å². The molecule has 2 rings (SSSR count). The van der Waals surface area contributed by atoms with E-state index in [1.165, 1.54) is 0 Å². The fourth-order valence-electron chi connectivity index (χ4n) is 2.62. The van der Waals surface area contributed by atoms with Crippen molar-refractivity contribution in [3.63, 3.8) is 0 Å². The average Bonchev–Trinajstić information content (AvgIpc) is 2.34. The summed E-state index contributed by atoms with van der Waals surface area (Å²) in [5.74, 6) is 1.73. The van der Waals surface area contributed by atoms with Crippen LogP contribution in [0.1, 0.15) is 25.7 Å². The van der Waals surface area contributed by atoms with Crippen LogP contribution in [0.25, 0.3) is 0 Å². The third-order valence-electron chi connectivity index (χ3n) is 3.56. The quantitative estimate of drug-likeness (QED) is 0.865. The standard InChI is InChI=1S/C12H19F3N2OS/c13-12(14,15)8-17-5-1-2-10(11(17)18)16-9-3-6-19-7-4-9/h9-10,16H,1-8H2. The molecule has 7 heteroatoms. The minimum atomic E-state index is -4.31. The van der Waals surface area contributed by atoms with Crippen molar-refractivity contribution in [1.29, 1.82) is 0 Å². The number of nitrogens with one attached hydrogen (secondary N) is 1. The van der Waals surface area contributed by atoms with Gasteiger partial charge in [0, 0.05) is 12.6 Å². The molecule has 1 amide bonds. The maximum atomic E-state index is 12.4. The highest BCUT2D eigenvalue weighted by Gasteiger charge is 2.37. The van der Waals surface area contributed by atoms with E-state index in [1.54, 1.807) is 0 Å². The Morgan fingerprint density at radius 1 is 1.26 bits per heavy atom. The summed E-state index contributed by atoms with van der Waals surface area (Å²) >= 11 is 1.89. The van der Waals surface area contributed by atoms with Crippen molar-refractivity contribution in [2.24, 2.45) is 0 Å². The summed E-state index contributed by atoms with van der Waals surface area (Å²) in [5.41, 5.74) is 0.